The SMILES string of the molecule is C=C(F)OC(F)(F)C(F)(OC(F)(F)C(F)(F)S(=O)(=O)[O-])C(F)(F)F.CCn1cc[n+](C)c1. The van der Waals surface area contributed by atoms with E-state index in [0.29, 0.717) is 0 Å². The van der Waals surface area contributed by atoms with Crippen molar-refractivity contribution >= 4 is 10.1 Å². The van der Waals surface area contributed by atoms with E-state index in [0.717, 1.165) is 6.54 Å². The zero-order valence-electron chi connectivity index (χ0n) is 15.6. The minimum atomic E-state index is -7.52. The van der Waals surface area contributed by atoms with Gasteiger partial charge in [0.15, 0.2) is 10.1 Å². The van der Waals surface area contributed by atoms with E-state index in [4.69, 9.17) is 0 Å². The maximum absolute atomic E-state index is 13.3. The molecule has 0 aliphatic heterocycles. The summed E-state index contributed by atoms with van der Waals surface area (Å²) in [5, 5.41) is -7.12. The van der Waals surface area contributed by atoms with Crippen LogP contribution in [0.2, 0.25) is 0 Å². The molecule has 0 saturated carbocycles. The van der Waals surface area contributed by atoms with Gasteiger partial charge in [0.05, 0.1) is 13.6 Å². The molecular formula is C13H13F11N2O5S. The molecule has 1 rings (SSSR count). The van der Waals surface area contributed by atoms with Crippen LogP contribution in [0.5, 0.6) is 0 Å². The number of aryl methyl sites for hydroxylation is 2. The van der Waals surface area contributed by atoms with E-state index in [1.54, 1.807) is 11.3 Å². The lowest BCUT2D eigenvalue weighted by Crippen LogP contribution is -2.64. The van der Waals surface area contributed by atoms with E-state index in [2.05, 4.69) is 28.8 Å². The predicted molar refractivity (Wildman–Crippen MR) is 78.1 cm³/mol. The van der Waals surface area contributed by atoms with Gasteiger partial charge in [-0.25, -0.2) is 17.6 Å². The molecule has 0 fully saturated rings. The maximum atomic E-state index is 13.3. The Labute approximate surface area is 172 Å². The molecule has 0 aromatic carbocycles. The van der Waals surface area contributed by atoms with E-state index in [1.165, 1.54) is 0 Å². The van der Waals surface area contributed by atoms with Gasteiger partial charge in [0.2, 0.25) is 6.33 Å². The van der Waals surface area contributed by atoms with Crippen LogP contribution in [0.4, 0.5) is 48.3 Å². The first kappa shape index (κ1) is 29.8. The lowest BCUT2D eigenvalue weighted by atomic mass is 10.2. The summed E-state index contributed by atoms with van der Waals surface area (Å²) >= 11 is 0. The number of rotatable bonds is 8. The molecule has 19 heteroatoms. The van der Waals surface area contributed by atoms with Gasteiger partial charge in [0, 0.05) is 0 Å². The van der Waals surface area contributed by atoms with Crippen LogP contribution in [0.15, 0.2) is 31.3 Å². The van der Waals surface area contributed by atoms with Crippen molar-refractivity contribution in [2.45, 2.75) is 43.0 Å². The minimum absolute atomic E-state index is 1.06. The quantitative estimate of drug-likeness (QED) is 0.228. The maximum Gasteiger partial charge on any atom is 0.471 e. The molecule has 1 aromatic heterocycles. The van der Waals surface area contributed by atoms with Crippen molar-refractivity contribution in [2.24, 2.45) is 7.05 Å². The largest absolute Gasteiger partial charge is 0.743 e. The molecule has 1 aromatic rings. The molecule has 1 heterocycles. The van der Waals surface area contributed by atoms with Crippen molar-refractivity contribution < 1.29 is 75.3 Å². The average Bonchev–Trinajstić information content (AvgIpc) is 2.97. The first-order valence-corrected chi connectivity index (χ1v) is 8.95. The second-order valence-electron chi connectivity index (χ2n) is 5.57. The van der Waals surface area contributed by atoms with Gasteiger partial charge in [-0.2, -0.15) is 48.3 Å². The summed E-state index contributed by atoms with van der Waals surface area (Å²) in [4.78, 5) is 0. The Morgan fingerprint density at radius 3 is 1.78 bits per heavy atom. The first-order valence-electron chi connectivity index (χ1n) is 7.54. The standard InChI is InChI=1S/C7H3F11O5S.C6H11N2/c1-2(8)22-5(13,14)3(9,4(10,11)12)23-6(15,16)7(17,18)24(19,20)21;1-3-8-5-4-7(2)6-8/h1H2,(H,19,20,21);4-6H,3H2,1-2H3/q;+1/p-1. The normalized spacial score (nSPS) is 15.4. The number of aromatic nitrogens is 2. The summed E-state index contributed by atoms with van der Waals surface area (Å²) in [6.07, 6.45) is -15.2. The Balaban J connectivity index is 0.000000995. The third-order valence-electron chi connectivity index (χ3n) is 3.09. The number of imidazole rings is 1. The van der Waals surface area contributed by atoms with Crippen LogP contribution in [0.1, 0.15) is 6.92 Å². The van der Waals surface area contributed by atoms with Gasteiger partial charge in [-0.05, 0) is 13.5 Å². The zero-order chi connectivity index (χ0) is 26.0. The Morgan fingerprint density at radius 2 is 1.53 bits per heavy atom. The van der Waals surface area contributed by atoms with Gasteiger partial charge in [-0.15, -0.1) is 0 Å². The number of alkyl halides is 10. The Kier molecular flexibility index (Phi) is 8.75. The third-order valence-corrected chi connectivity index (χ3v) is 3.95. The van der Waals surface area contributed by atoms with E-state index in [9.17, 15) is 61.3 Å². The monoisotopic (exact) mass is 518 g/mol. The van der Waals surface area contributed by atoms with Crippen LogP contribution in [-0.4, -0.2) is 47.0 Å². The first-order chi connectivity index (χ1) is 13.9. The second-order valence-corrected chi connectivity index (χ2v) is 6.99. The smallest absolute Gasteiger partial charge is 0.471 e. The van der Waals surface area contributed by atoms with Crippen molar-refractivity contribution in [3.05, 3.63) is 31.3 Å². The summed E-state index contributed by atoms with van der Waals surface area (Å²) in [7, 11) is -5.50. The Morgan fingerprint density at radius 1 is 1.06 bits per heavy atom. The average molecular weight is 518 g/mol. The van der Waals surface area contributed by atoms with Gasteiger partial charge < -0.3 is 9.29 Å². The molecule has 0 amide bonds. The molecule has 1 unspecified atom stereocenters. The second kappa shape index (κ2) is 9.38. The predicted octanol–water partition coefficient (Wildman–Crippen LogP) is 3.34. The van der Waals surface area contributed by atoms with Crippen LogP contribution >= 0.6 is 0 Å². The van der Waals surface area contributed by atoms with Crippen LogP contribution in [0, 0.1) is 0 Å². The van der Waals surface area contributed by atoms with E-state index < -0.39 is 45.6 Å². The summed E-state index contributed by atoms with van der Waals surface area (Å²) in [5.74, 6) is -7.22. The lowest BCUT2D eigenvalue weighted by Gasteiger charge is -2.37. The molecule has 0 saturated heterocycles. The van der Waals surface area contributed by atoms with Crippen LogP contribution in [0.3, 0.4) is 0 Å². The fraction of sp³-hybridized carbons (Fsp3) is 0.615. The van der Waals surface area contributed by atoms with Gasteiger partial charge in [-0.3, -0.25) is 4.74 Å². The number of nitrogens with zero attached hydrogens (tertiary/aromatic N) is 2. The van der Waals surface area contributed by atoms with Crippen LogP contribution in [-0.2, 0) is 33.2 Å². The molecule has 188 valence electrons. The zero-order valence-corrected chi connectivity index (χ0v) is 16.5. The molecule has 0 aliphatic carbocycles. The molecule has 0 aliphatic rings. The van der Waals surface area contributed by atoms with E-state index in [-0.39, 0.29) is 0 Å². The number of hydrogen-bond donors (Lipinski definition) is 0. The van der Waals surface area contributed by atoms with Crippen LogP contribution < -0.4 is 4.57 Å². The van der Waals surface area contributed by atoms with Gasteiger partial charge in [-0.1, -0.05) is 0 Å². The summed E-state index contributed by atoms with van der Waals surface area (Å²) in [5.41, 5.74) is 0. The Hall–Kier alpha value is -2.15. The topological polar surface area (TPSA) is 84.5 Å². The van der Waals surface area contributed by atoms with Gasteiger partial charge in [0.25, 0.3) is 6.01 Å². The van der Waals surface area contributed by atoms with Crippen molar-refractivity contribution in [1.82, 2.24) is 4.57 Å². The molecule has 32 heavy (non-hydrogen) atoms. The van der Waals surface area contributed by atoms with Gasteiger partial charge in [0.1, 0.15) is 12.4 Å². The minimum Gasteiger partial charge on any atom is -0.743 e. The van der Waals surface area contributed by atoms with Crippen molar-refractivity contribution in [1.29, 1.82) is 0 Å². The third kappa shape index (κ3) is 6.44. The summed E-state index contributed by atoms with van der Waals surface area (Å²) < 4.78 is 176. The molecule has 0 N–H and O–H groups in total. The number of ether oxygens (including phenoxy) is 2. The molecular weight excluding hydrogens is 505 g/mol. The van der Waals surface area contributed by atoms with Crippen molar-refractivity contribution in [3.63, 3.8) is 0 Å². The highest BCUT2D eigenvalue weighted by atomic mass is 32.2. The Bertz CT molecular complexity index is 900. The number of hydrogen-bond acceptors (Lipinski definition) is 5. The summed E-state index contributed by atoms with van der Waals surface area (Å²) in [6.45, 7) is 4.96. The molecule has 7 nitrogen and oxygen atoms in total. The van der Waals surface area contributed by atoms with E-state index in [1.807, 2.05) is 17.8 Å². The fourth-order valence-electron chi connectivity index (χ4n) is 1.56. The highest BCUT2D eigenvalue weighted by Crippen LogP contribution is 2.53. The molecule has 0 radical (unpaired) electrons. The number of halogens is 11. The molecule has 1 atom stereocenters. The molecule has 0 bridgehead atoms. The summed E-state index contributed by atoms with van der Waals surface area (Å²) in [6, 6.07) is -2.89. The fourth-order valence-corrected chi connectivity index (χ4v) is 1.89. The molecule has 0 spiro atoms. The highest BCUT2D eigenvalue weighted by Gasteiger charge is 2.81. The van der Waals surface area contributed by atoms with Crippen molar-refractivity contribution in [2.75, 3.05) is 0 Å². The van der Waals surface area contributed by atoms with Gasteiger partial charge >= 0.3 is 29.5 Å². The highest BCUT2D eigenvalue weighted by molar-refractivity contribution is 7.86. The van der Waals surface area contributed by atoms with Crippen LogP contribution in [0.25, 0.3) is 0 Å². The lowest BCUT2D eigenvalue weighted by molar-refractivity contribution is -0.671. The van der Waals surface area contributed by atoms with Crippen molar-refractivity contribution in [3.8, 4) is 0 Å². The van der Waals surface area contributed by atoms with E-state index >= 15 is 0 Å².